The molecule has 3 nitrogen and oxygen atoms in total. The standard InChI is InChI=1S/C13H18F3NO2/c1-9(2)19-12-6-4-11(5-7-12)10(3)17-18-8-13(14,15)16/h4-7,9-10,17H,8H2,1-3H3. The van der Waals surface area contributed by atoms with Gasteiger partial charge < -0.3 is 4.74 Å². The Morgan fingerprint density at radius 1 is 1.11 bits per heavy atom. The van der Waals surface area contributed by atoms with Crippen LogP contribution in [0.25, 0.3) is 0 Å². The number of hydroxylamine groups is 1. The minimum atomic E-state index is -4.33. The molecule has 0 amide bonds. The van der Waals surface area contributed by atoms with E-state index in [9.17, 15) is 13.2 Å². The van der Waals surface area contributed by atoms with Gasteiger partial charge in [0.1, 0.15) is 5.75 Å². The van der Waals surface area contributed by atoms with Crippen molar-refractivity contribution in [3.63, 3.8) is 0 Å². The number of hydrogen-bond acceptors (Lipinski definition) is 3. The van der Waals surface area contributed by atoms with Crippen molar-refractivity contribution >= 4 is 0 Å². The normalized spacial score (nSPS) is 13.6. The molecule has 19 heavy (non-hydrogen) atoms. The van der Waals surface area contributed by atoms with Crippen molar-refractivity contribution < 1.29 is 22.7 Å². The summed E-state index contributed by atoms with van der Waals surface area (Å²) in [4.78, 5) is 4.40. The Hall–Kier alpha value is -1.27. The van der Waals surface area contributed by atoms with Crippen LogP contribution in [-0.2, 0) is 4.84 Å². The number of benzene rings is 1. The van der Waals surface area contributed by atoms with E-state index in [2.05, 4.69) is 10.3 Å². The second-order valence-electron chi connectivity index (χ2n) is 4.48. The summed E-state index contributed by atoms with van der Waals surface area (Å²) < 4.78 is 41.2. The monoisotopic (exact) mass is 277 g/mol. The largest absolute Gasteiger partial charge is 0.491 e. The third kappa shape index (κ3) is 6.45. The molecule has 1 atom stereocenters. The van der Waals surface area contributed by atoms with Crippen LogP contribution in [0.3, 0.4) is 0 Å². The van der Waals surface area contributed by atoms with Gasteiger partial charge in [0.05, 0.1) is 12.1 Å². The molecule has 0 saturated heterocycles. The van der Waals surface area contributed by atoms with Gasteiger partial charge in [-0.25, -0.2) is 0 Å². The predicted octanol–water partition coefficient (Wildman–Crippen LogP) is 3.62. The van der Waals surface area contributed by atoms with Crippen LogP contribution in [0, 0.1) is 0 Å². The molecule has 1 aromatic carbocycles. The Bertz CT molecular complexity index is 376. The highest BCUT2D eigenvalue weighted by Crippen LogP contribution is 2.19. The zero-order chi connectivity index (χ0) is 14.5. The minimum absolute atomic E-state index is 0.0801. The molecule has 0 aliphatic carbocycles. The van der Waals surface area contributed by atoms with Crippen molar-refractivity contribution in [1.82, 2.24) is 5.48 Å². The Morgan fingerprint density at radius 2 is 1.68 bits per heavy atom. The summed E-state index contributed by atoms with van der Waals surface area (Å²) in [6, 6.07) is 6.78. The number of hydrogen-bond donors (Lipinski definition) is 1. The van der Waals surface area contributed by atoms with Crippen LogP contribution >= 0.6 is 0 Å². The van der Waals surface area contributed by atoms with E-state index < -0.39 is 12.8 Å². The fourth-order valence-corrected chi connectivity index (χ4v) is 1.42. The lowest BCUT2D eigenvalue weighted by molar-refractivity contribution is -0.192. The van der Waals surface area contributed by atoms with Crippen LogP contribution in [0.5, 0.6) is 5.75 Å². The first kappa shape index (κ1) is 15.8. The van der Waals surface area contributed by atoms with Gasteiger partial charge in [-0.3, -0.25) is 4.84 Å². The smallest absolute Gasteiger partial charge is 0.413 e. The number of alkyl halides is 3. The Kier molecular flexibility index (Phi) is 5.62. The highest BCUT2D eigenvalue weighted by molar-refractivity contribution is 5.28. The number of nitrogens with one attached hydrogen (secondary N) is 1. The van der Waals surface area contributed by atoms with Crippen molar-refractivity contribution in [3.8, 4) is 5.75 Å². The van der Waals surface area contributed by atoms with Gasteiger partial charge in [0.2, 0.25) is 0 Å². The first-order chi connectivity index (χ1) is 8.78. The van der Waals surface area contributed by atoms with E-state index in [1.165, 1.54) is 0 Å². The molecule has 108 valence electrons. The molecule has 1 aromatic rings. The van der Waals surface area contributed by atoms with Gasteiger partial charge in [-0.05, 0) is 38.5 Å². The first-order valence-corrected chi connectivity index (χ1v) is 5.98. The summed E-state index contributed by atoms with van der Waals surface area (Å²) in [7, 11) is 0. The van der Waals surface area contributed by atoms with Crippen LogP contribution in [0.4, 0.5) is 13.2 Å². The van der Waals surface area contributed by atoms with Crippen LogP contribution in [0.15, 0.2) is 24.3 Å². The predicted molar refractivity (Wildman–Crippen MR) is 65.8 cm³/mol. The van der Waals surface area contributed by atoms with Gasteiger partial charge in [0.25, 0.3) is 0 Å². The lowest BCUT2D eigenvalue weighted by Gasteiger charge is -2.16. The number of halogens is 3. The Labute approximate surface area is 110 Å². The zero-order valence-electron chi connectivity index (χ0n) is 11.1. The van der Waals surface area contributed by atoms with Crippen molar-refractivity contribution in [2.24, 2.45) is 0 Å². The fraction of sp³-hybridized carbons (Fsp3) is 0.538. The number of rotatable bonds is 6. The van der Waals surface area contributed by atoms with E-state index in [1.807, 2.05) is 13.8 Å². The van der Waals surface area contributed by atoms with E-state index in [-0.39, 0.29) is 12.1 Å². The molecule has 0 aliphatic rings. The summed E-state index contributed by atoms with van der Waals surface area (Å²) in [5.41, 5.74) is 3.17. The van der Waals surface area contributed by atoms with Gasteiger partial charge in [-0.1, -0.05) is 12.1 Å². The minimum Gasteiger partial charge on any atom is -0.491 e. The van der Waals surface area contributed by atoms with E-state index in [0.717, 1.165) is 11.3 Å². The molecule has 1 rings (SSSR count). The molecule has 0 heterocycles. The highest BCUT2D eigenvalue weighted by Gasteiger charge is 2.28. The second-order valence-corrected chi connectivity index (χ2v) is 4.48. The van der Waals surface area contributed by atoms with Gasteiger partial charge in [0.15, 0.2) is 6.61 Å². The summed E-state index contributed by atoms with van der Waals surface area (Å²) in [6.45, 7) is 4.24. The fourth-order valence-electron chi connectivity index (χ4n) is 1.42. The van der Waals surface area contributed by atoms with Crippen molar-refractivity contribution in [2.75, 3.05) is 6.61 Å². The Morgan fingerprint density at radius 3 is 2.16 bits per heavy atom. The molecule has 1 N–H and O–H groups in total. The molecule has 6 heteroatoms. The van der Waals surface area contributed by atoms with Crippen LogP contribution in [0.1, 0.15) is 32.4 Å². The maximum atomic E-state index is 11.9. The molecule has 0 radical (unpaired) electrons. The third-order valence-electron chi connectivity index (χ3n) is 2.25. The molecular weight excluding hydrogens is 259 g/mol. The van der Waals surface area contributed by atoms with Crippen LogP contribution in [0.2, 0.25) is 0 Å². The lowest BCUT2D eigenvalue weighted by atomic mass is 10.1. The molecule has 0 aliphatic heterocycles. The first-order valence-electron chi connectivity index (χ1n) is 5.98. The van der Waals surface area contributed by atoms with E-state index >= 15 is 0 Å². The van der Waals surface area contributed by atoms with E-state index in [4.69, 9.17) is 4.74 Å². The molecule has 0 fully saturated rings. The topological polar surface area (TPSA) is 30.5 Å². The number of ether oxygens (including phenoxy) is 1. The molecule has 0 aromatic heterocycles. The summed E-state index contributed by atoms with van der Waals surface area (Å²) >= 11 is 0. The second kappa shape index (κ2) is 6.77. The molecular formula is C13H18F3NO2. The molecule has 0 bridgehead atoms. The van der Waals surface area contributed by atoms with E-state index in [1.54, 1.807) is 31.2 Å². The zero-order valence-corrected chi connectivity index (χ0v) is 11.1. The summed E-state index contributed by atoms with van der Waals surface area (Å²) in [5.74, 6) is 0.724. The quantitative estimate of drug-likeness (QED) is 0.806. The van der Waals surface area contributed by atoms with Gasteiger partial charge in [-0.2, -0.15) is 18.7 Å². The maximum Gasteiger partial charge on any atom is 0.413 e. The van der Waals surface area contributed by atoms with Crippen LogP contribution in [-0.4, -0.2) is 18.9 Å². The van der Waals surface area contributed by atoms with Crippen LogP contribution < -0.4 is 10.2 Å². The highest BCUT2D eigenvalue weighted by atomic mass is 19.4. The van der Waals surface area contributed by atoms with Crippen molar-refractivity contribution in [2.45, 2.75) is 39.1 Å². The molecule has 1 unspecified atom stereocenters. The molecule has 0 spiro atoms. The summed E-state index contributed by atoms with van der Waals surface area (Å²) in [5, 5.41) is 0. The van der Waals surface area contributed by atoms with Gasteiger partial charge in [0, 0.05) is 0 Å². The van der Waals surface area contributed by atoms with E-state index in [0.29, 0.717) is 0 Å². The third-order valence-corrected chi connectivity index (χ3v) is 2.25. The van der Waals surface area contributed by atoms with Gasteiger partial charge in [-0.15, -0.1) is 0 Å². The van der Waals surface area contributed by atoms with Gasteiger partial charge >= 0.3 is 6.18 Å². The average Bonchev–Trinajstić information content (AvgIpc) is 2.27. The maximum absolute atomic E-state index is 11.9. The lowest BCUT2D eigenvalue weighted by Crippen LogP contribution is -2.26. The molecule has 0 saturated carbocycles. The van der Waals surface area contributed by atoms with Crippen molar-refractivity contribution in [1.29, 1.82) is 0 Å². The SMILES string of the molecule is CC(C)Oc1ccc(C(C)NOCC(F)(F)F)cc1. The Balaban J connectivity index is 2.46. The average molecular weight is 277 g/mol. The summed E-state index contributed by atoms with van der Waals surface area (Å²) in [6.07, 6.45) is -4.25. The van der Waals surface area contributed by atoms with Crippen molar-refractivity contribution in [3.05, 3.63) is 29.8 Å².